The van der Waals surface area contributed by atoms with Gasteiger partial charge in [-0.1, -0.05) is 53.2 Å². The number of carbonyl (C=O) groups excluding carboxylic acids is 2. The van der Waals surface area contributed by atoms with E-state index in [0.717, 1.165) is 24.0 Å². The van der Waals surface area contributed by atoms with Crippen LogP contribution in [0.2, 0.25) is 5.02 Å². The Hall–Kier alpha value is -4.04. The number of nitrogens with zero attached hydrogens (tertiary/aromatic N) is 4. The monoisotopic (exact) mass is 532 g/mol. The third-order valence-electron chi connectivity index (χ3n) is 6.55. The Morgan fingerprint density at radius 2 is 1.82 bits per heavy atom. The maximum absolute atomic E-state index is 13.9. The van der Waals surface area contributed by atoms with E-state index in [-0.39, 0.29) is 24.6 Å². The summed E-state index contributed by atoms with van der Waals surface area (Å²) in [6.45, 7) is 0.552. The number of likely N-dealkylation sites (tertiary alicyclic amines) is 1. The lowest BCUT2D eigenvalue weighted by atomic mass is 10.0. The van der Waals surface area contributed by atoms with Crippen molar-refractivity contribution in [2.75, 3.05) is 13.1 Å². The Morgan fingerprint density at radius 3 is 2.58 bits per heavy atom. The van der Waals surface area contributed by atoms with Gasteiger partial charge in [-0.15, -0.1) is 0 Å². The fraction of sp³-hybridized carbons (Fsp3) is 0.241. The second-order valence-corrected chi connectivity index (χ2v) is 9.66. The van der Waals surface area contributed by atoms with Crippen molar-refractivity contribution in [3.05, 3.63) is 107 Å². The summed E-state index contributed by atoms with van der Waals surface area (Å²) in [4.78, 5) is 34.8. The van der Waals surface area contributed by atoms with Crippen LogP contribution in [0.4, 0.5) is 4.39 Å². The zero-order valence-electron chi connectivity index (χ0n) is 20.6. The molecule has 0 bridgehead atoms. The highest BCUT2D eigenvalue weighted by Crippen LogP contribution is 2.31. The summed E-state index contributed by atoms with van der Waals surface area (Å²) >= 11 is 5.99. The molecule has 0 spiro atoms. The minimum absolute atomic E-state index is 0.168. The standard InChI is InChI=1S/C29H26ClFN4O3/c30-23-14-12-21(13-15-23)27-32-28(38-33-27)25-11-4-5-16-35(25)26(36)19-34(18-20-7-2-1-3-8-20)29(37)22-9-6-10-24(31)17-22/h1-3,6-10,12-15,17,25H,4-5,11,16,18-19H2. The van der Waals surface area contributed by atoms with E-state index in [1.807, 2.05) is 30.3 Å². The van der Waals surface area contributed by atoms with E-state index in [2.05, 4.69) is 10.1 Å². The maximum Gasteiger partial charge on any atom is 0.254 e. The van der Waals surface area contributed by atoms with Crippen LogP contribution in [0.15, 0.2) is 83.4 Å². The van der Waals surface area contributed by atoms with E-state index < -0.39 is 17.8 Å². The molecule has 9 heteroatoms. The summed E-state index contributed by atoms with van der Waals surface area (Å²) in [6, 6.07) is 21.6. The van der Waals surface area contributed by atoms with E-state index in [9.17, 15) is 14.0 Å². The predicted octanol–water partition coefficient (Wildman–Crippen LogP) is 5.93. The summed E-state index contributed by atoms with van der Waals surface area (Å²) < 4.78 is 19.5. The molecule has 1 atom stereocenters. The molecule has 1 unspecified atom stereocenters. The van der Waals surface area contributed by atoms with Crippen LogP contribution in [0.5, 0.6) is 0 Å². The van der Waals surface area contributed by atoms with Gasteiger partial charge in [0.2, 0.25) is 17.6 Å². The minimum Gasteiger partial charge on any atom is -0.337 e. The van der Waals surface area contributed by atoms with Crippen LogP contribution in [0, 0.1) is 5.82 Å². The molecule has 1 fully saturated rings. The molecule has 0 radical (unpaired) electrons. The van der Waals surface area contributed by atoms with Crippen LogP contribution >= 0.6 is 11.6 Å². The highest BCUT2D eigenvalue weighted by Gasteiger charge is 2.34. The average molecular weight is 533 g/mol. The summed E-state index contributed by atoms with van der Waals surface area (Å²) in [7, 11) is 0. The molecular weight excluding hydrogens is 507 g/mol. The van der Waals surface area contributed by atoms with E-state index >= 15 is 0 Å². The number of benzene rings is 3. The van der Waals surface area contributed by atoms with Crippen molar-refractivity contribution in [1.82, 2.24) is 19.9 Å². The lowest BCUT2D eigenvalue weighted by Gasteiger charge is -2.35. The van der Waals surface area contributed by atoms with E-state index in [1.165, 1.54) is 23.1 Å². The SMILES string of the molecule is O=C(c1cccc(F)c1)N(CC(=O)N1CCCCC1c1nc(-c2ccc(Cl)cc2)no1)Cc1ccccc1. The first-order valence-electron chi connectivity index (χ1n) is 12.5. The number of amides is 2. The van der Waals surface area contributed by atoms with Crippen molar-refractivity contribution in [2.45, 2.75) is 31.8 Å². The number of carbonyl (C=O) groups is 2. The van der Waals surface area contributed by atoms with Gasteiger partial charge in [0.25, 0.3) is 5.91 Å². The first-order valence-corrected chi connectivity index (χ1v) is 12.8. The Labute approximate surface area is 224 Å². The van der Waals surface area contributed by atoms with Crippen molar-refractivity contribution in [3.8, 4) is 11.4 Å². The molecular formula is C29H26ClFN4O3. The van der Waals surface area contributed by atoms with Crippen LogP contribution in [-0.2, 0) is 11.3 Å². The Bertz CT molecular complexity index is 1410. The highest BCUT2D eigenvalue weighted by molar-refractivity contribution is 6.30. The number of hydrogen-bond donors (Lipinski definition) is 0. The largest absolute Gasteiger partial charge is 0.337 e. The lowest BCUT2D eigenvalue weighted by Crippen LogP contribution is -2.45. The molecule has 4 aromatic rings. The first kappa shape index (κ1) is 25.6. The van der Waals surface area contributed by atoms with E-state index in [4.69, 9.17) is 16.1 Å². The van der Waals surface area contributed by atoms with Crippen LogP contribution < -0.4 is 0 Å². The van der Waals surface area contributed by atoms with Gasteiger partial charge in [0.15, 0.2) is 0 Å². The van der Waals surface area contributed by atoms with Gasteiger partial charge in [0, 0.05) is 29.2 Å². The second kappa shape index (κ2) is 11.6. The highest BCUT2D eigenvalue weighted by atomic mass is 35.5. The van der Waals surface area contributed by atoms with Crippen molar-refractivity contribution >= 4 is 23.4 Å². The molecule has 1 saturated heterocycles. The molecule has 1 aromatic heterocycles. The zero-order valence-corrected chi connectivity index (χ0v) is 21.4. The van der Waals surface area contributed by atoms with Crippen molar-refractivity contribution in [2.24, 2.45) is 0 Å². The summed E-state index contributed by atoms with van der Waals surface area (Å²) in [5.74, 6) is -0.388. The topological polar surface area (TPSA) is 79.5 Å². The first-order chi connectivity index (χ1) is 18.5. The van der Waals surface area contributed by atoms with Crippen molar-refractivity contribution in [3.63, 3.8) is 0 Å². The number of halogens is 2. The molecule has 1 aliphatic rings. The maximum atomic E-state index is 13.9. The number of hydrogen-bond acceptors (Lipinski definition) is 5. The second-order valence-electron chi connectivity index (χ2n) is 9.22. The van der Waals surface area contributed by atoms with Crippen molar-refractivity contribution in [1.29, 1.82) is 0 Å². The van der Waals surface area contributed by atoms with Crippen LogP contribution in [0.3, 0.4) is 0 Å². The molecule has 0 N–H and O–H groups in total. The van der Waals surface area contributed by atoms with Gasteiger partial charge in [-0.25, -0.2) is 4.39 Å². The average Bonchev–Trinajstić information content (AvgIpc) is 3.43. The third-order valence-corrected chi connectivity index (χ3v) is 6.81. The summed E-state index contributed by atoms with van der Waals surface area (Å²) in [6.07, 6.45) is 2.41. The number of piperidine rings is 1. The van der Waals surface area contributed by atoms with E-state index in [0.29, 0.717) is 29.7 Å². The Morgan fingerprint density at radius 1 is 1.03 bits per heavy atom. The Balaban J connectivity index is 1.37. The molecule has 5 rings (SSSR count). The third kappa shape index (κ3) is 5.92. The van der Waals surface area contributed by atoms with Crippen LogP contribution in [0.1, 0.15) is 47.1 Å². The van der Waals surface area contributed by atoms with Crippen molar-refractivity contribution < 1.29 is 18.5 Å². The fourth-order valence-electron chi connectivity index (χ4n) is 4.64. The minimum atomic E-state index is -0.509. The lowest BCUT2D eigenvalue weighted by molar-refractivity contribution is -0.136. The quantitative estimate of drug-likeness (QED) is 0.295. The van der Waals surface area contributed by atoms with Crippen LogP contribution in [0.25, 0.3) is 11.4 Å². The molecule has 0 saturated carbocycles. The van der Waals surface area contributed by atoms with Gasteiger partial charge in [-0.05, 0) is 67.3 Å². The van der Waals surface area contributed by atoms with Crippen LogP contribution in [-0.4, -0.2) is 44.8 Å². The summed E-state index contributed by atoms with van der Waals surface area (Å²) in [5.41, 5.74) is 1.81. The number of rotatable bonds is 7. The smallest absolute Gasteiger partial charge is 0.254 e. The molecule has 2 heterocycles. The van der Waals surface area contributed by atoms with Gasteiger partial charge < -0.3 is 14.3 Å². The molecule has 7 nitrogen and oxygen atoms in total. The summed E-state index contributed by atoms with van der Waals surface area (Å²) in [5, 5.41) is 4.72. The molecule has 38 heavy (non-hydrogen) atoms. The zero-order chi connectivity index (χ0) is 26.5. The molecule has 194 valence electrons. The number of aromatic nitrogens is 2. The normalized spacial score (nSPS) is 15.3. The fourth-order valence-corrected chi connectivity index (χ4v) is 4.76. The van der Waals surface area contributed by atoms with E-state index in [1.54, 1.807) is 35.2 Å². The molecule has 2 amide bonds. The van der Waals surface area contributed by atoms with Gasteiger partial charge in [-0.2, -0.15) is 4.98 Å². The van der Waals surface area contributed by atoms with Gasteiger partial charge in [-0.3, -0.25) is 9.59 Å². The molecule has 0 aliphatic carbocycles. The molecule has 1 aliphatic heterocycles. The molecule has 3 aromatic carbocycles. The van der Waals surface area contributed by atoms with Gasteiger partial charge >= 0.3 is 0 Å². The van der Waals surface area contributed by atoms with Gasteiger partial charge in [0.1, 0.15) is 18.4 Å². The Kier molecular flexibility index (Phi) is 7.79. The van der Waals surface area contributed by atoms with Gasteiger partial charge in [0.05, 0.1) is 0 Å². The predicted molar refractivity (Wildman–Crippen MR) is 141 cm³/mol.